The summed E-state index contributed by atoms with van der Waals surface area (Å²) in [6.07, 6.45) is 1.80. The Hall–Kier alpha value is -1.14. The van der Waals surface area contributed by atoms with Crippen LogP contribution in [0.1, 0.15) is 22.8 Å². The SMILES string of the molecule is CSC(CO)C(C)NC(=O)c1cc(F)c(C)cc1F. The number of rotatable bonds is 5. The molecule has 0 spiro atoms. The Bertz CT molecular complexity index is 464. The number of carbonyl (C=O) groups excluding carboxylic acids is 1. The Morgan fingerprint density at radius 2 is 2.05 bits per heavy atom. The minimum Gasteiger partial charge on any atom is -0.395 e. The lowest BCUT2D eigenvalue weighted by Crippen LogP contribution is -2.41. The minimum atomic E-state index is -0.756. The zero-order chi connectivity index (χ0) is 14.6. The highest BCUT2D eigenvalue weighted by Crippen LogP contribution is 2.16. The summed E-state index contributed by atoms with van der Waals surface area (Å²) in [6.45, 7) is 3.03. The minimum absolute atomic E-state index is 0.104. The van der Waals surface area contributed by atoms with E-state index < -0.39 is 17.5 Å². The predicted molar refractivity (Wildman–Crippen MR) is 72.4 cm³/mol. The van der Waals surface area contributed by atoms with Crippen LogP contribution < -0.4 is 5.32 Å². The average molecular weight is 289 g/mol. The summed E-state index contributed by atoms with van der Waals surface area (Å²) >= 11 is 1.39. The number of thioether (sulfide) groups is 1. The molecule has 0 fully saturated rings. The molecule has 0 aromatic heterocycles. The highest BCUT2D eigenvalue weighted by molar-refractivity contribution is 7.99. The monoisotopic (exact) mass is 289 g/mol. The van der Waals surface area contributed by atoms with E-state index in [1.165, 1.54) is 18.7 Å². The largest absolute Gasteiger partial charge is 0.395 e. The standard InChI is InChI=1S/C13H17F2NO2S/c1-7-4-11(15)9(5-10(7)14)13(18)16-8(2)12(6-17)19-3/h4-5,8,12,17H,6H2,1-3H3,(H,16,18). The first kappa shape index (κ1) is 15.9. The van der Waals surface area contributed by atoms with Crippen LogP contribution in [0.25, 0.3) is 0 Å². The maximum absolute atomic E-state index is 13.6. The molecule has 0 bridgehead atoms. The highest BCUT2D eigenvalue weighted by atomic mass is 32.2. The van der Waals surface area contributed by atoms with Crippen LogP contribution in [0.2, 0.25) is 0 Å². The fourth-order valence-corrected chi connectivity index (χ4v) is 2.26. The van der Waals surface area contributed by atoms with Crippen molar-refractivity contribution in [1.82, 2.24) is 5.32 Å². The van der Waals surface area contributed by atoms with E-state index in [4.69, 9.17) is 5.11 Å². The summed E-state index contributed by atoms with van der Waals surface area (Å²) < 4.78 is 27.0. The van der Waals surface area contributed by atoms with Crippen LogP contribution in [-0.2, 0) is 0 Å². The highest BCUT2D eigenvalue weighted by Gasteiger charge is 2.20. The molecule has 1 aromatic carbocycles. The topological polar surface area (TPSA) is 49.3 Å². The second-order valence-corrected chi connectivity index (χ2v) is 5.38. The molecule has 2 atom stereocenters. The van der Waals surface area contributed by atoms with Gasteiger partial charge in [-0.25, -0.2) is 8.78 Å². The van der Waals surface area contributed by atoms with Gasteiger partial charge in [0.2, 0.25) is 0 Å². The van der Waals surface area contributed by atoms with Crippen molar-refractivity contribution in [2.45, 2.75) is 25.1 Å². The molecular formula is C13H17F2NO2S. The third-order valence-electron chi connectivity index (χ3n) is 2.89. The van der Waals surface area contributed by atoms with Gasteiger partial charge in [-0.05, 0) is 37.8 Å². The Labute approximate surface area is 115 Å². The van der Waals surface area contributed by atoms with Gasteiger partial charge in [-0.3, -0.25) is 4.79 Å². The number of hydrogen-bond donors (Lipinski definition) is 2. The van der Waals surface area contributed by atoms with Gasteiger partial charge in [0.25, 0.3) is 5.91 Å². The van der Waals surface area contributed by atoms with E-state index in [1.54, 1.807) is 13.2 Å². The van der Waals surface area contributed by atoms with Gasteiger partial charge in [0.05, 0.1) is 12.2 Å². The second-order valence-electron chi connectivity index (χ2n) is 4.30. The number of halogens is 2. The number of aliphatic hydroxyl groups excluding tert-OH is 1. The van der Waals surface area contributed by atoms with Gasteiger partial charge in [0.1, 0.15) is 11.6 Å². The number of benzene rings is 1. The van der Waals surface area contributed by atoms with Crippen molar-refractivity contribution < 1.29 is 18.7 Å². The molecule has 1 rings (SSSR count). The van der Waals surface area contributed by atoms with Crippen LogP contribution in [-0.4, -0.2) is 35.2 Å². The Morgan fingerprint density at radius 1 is 1.42 bits per heavy atom. The quantitative estimate of drug-likeness (QED) is 0.873. The molecule has 2 N–H and O–H groups in total. The van der Waals surface area contributed by atoms with Gasteiger partial charge in [0, 0.05) is 11.3 Å². The lowest BCUT2D eigenvalue weighted by Gasteiger charge is -2.21. The van der Waals surface area contributed by atoms with Crippen LogP contribution in [0.3, 0.4) is 0 Å². The lowest BCUT2D eigenvalue weighted by atomic mass is 10.1. The first-order valence-corrected chi connectivity index (χ1v) is 7.09. The van der Waals surface area contributed by atoms with E-state index in [9.17, 15) is 13.6 Å². The fraction of sp³-hybridized carbons (Fsp3) is 0.462. The van der Waals surface area contributed by atoms with E-state index >= 15 is 0 Å². The Kier molecular flexibility index (Phi) is 5.75. The second kappa shape index (κ2) is 6.86. The average Bonchev–Trinajstić information content (AvgIpc) is 2.35. The maximum Gasteiger partial charge on any atom is 0.254 e. The molecule has 1 amide bonds. The summed E-state index contributed by atoms with van der Waals surface area (Å²) in [7, 11) is 0. The van der Waals surface area contributed by atoms with Gasteiger partial charge in [-0.1, -0.05) is 0 Å². The van der Waals surface area contributed by atoms with Gasteiger partial charge >= 0.3 is 0 Å². The molecule has 0 heterocycles. The Balaban J connectivity index is 2.87. The third kappa shape index (κ3) is 3.91. The van der Waals surface area contributed by atoms with E-state index in [0.717, 1.165) is 12.1 Å². The molecule has 6 heteroatoms. The number of aliphatic hydroxyl groups is 1. The van der Waals surface area contributed by atoms with E-state index in [1.807, 2.05) is 0 Å². The summed E-state index contributed by atoms with van der Waals surface area (Å²) in [6, 6.07) is 1.53. The Morgan fingerprint density at radius 3 is 2.58 bits per heavy atom. The lowest BCUT2D eigenvalue weighted by molar-refractivity contribution is 0.0931. The van der Waals surface area contributed by atoms with Crippen LogP contribution in [0.15, 0.2) is 12.1 Å². The molecule has 106 valence electrons. The van der Waals surface area contributed by atoms with Crippen LogP contribution in [0.5, 0.6) is 0 Å². The maximum atomic E-state index is 13.6. The molecule has 3 nitrogen and oxygen atoms in total. The van der Waals surface area contributed by atoms with Crippen LogP contribution in [0, 0.1) is 18.6 Å². The van der Waals surface area contributed by atoms with Crippen molar-refractivity contribution in [3.63, 3.8) is 0 Å². The van der Waals surface area contributed by atoms with Gasteiger partial charge in [0.15, 0.2) is 0 Å². The van der Waals surface area contributed by atoms with Crippen LogP contribution in [0.4, 0.5) is 8.78 Å². The van der Waals surface area contributed by atoms with Gasteiger partial charge in [-0.15, -0.1) is 0 Å². The van der Waals surface area contributed by atoms with Gasteiger partial charge in [-0.2, -0.15) is 11.8 Å². The summed E-state index contributed by atoms with van der Waals surface area (Å²) in [5.41, 5.74) is -0.174. The number of nitrogens with one attached hydrogen (secondary N) is 1. The first-order valence-electron chi connectivity index (χ1n) is 5.80. The number of carbonyl (C=O) groups is 1. The molecule has 0 aliphatic rings. The van der Waals surface area contributed by atoms with Crippen molar-refractivity contribution in [2.75, 3.05) is 12.9 Å². The van der Waals surface area contributed by atoms with Crippen molar-refractivity contribution in [3.05, 3.63) is 34.9 Å². The molecule has 0 saturated heterocycles. The van der Waals surface area contributed by atoms with Crippen molar-refractivity contribution >= 4 is 17.7 Å². The number of hydrogen-bond acceptors (Lipinski definition) is 3. The van der Waals surface area contributed by atoms with E-state index in [0.29, 0.717) is 0 Å². The molecule has 1 aromatic rings. The normalized spacial score (nSPS) is 14.0. The molecule has 0 radical (unpaired) electrons. The third-order valence-corrected chi connectivity index (χ3v) is 4.05. The van der Waals surface area contributed by atoms with Crippen LogP contribution >= 0.6 is 11.8 Å². The molecule has 0 saturated carbocycles. The van der Waals surface area contributed by atoms with Crippen molar-refractivity contribution in [2.24, 2.45) is 0 Å². The molecular weight excluding hydrogens is 272 g/mol. The van der Waals surface area contributed by atoms with E-state index in [2.05, 4.69) is 5.32 Å². The van der Waals surface area contributed by atoms with Crippen molar-refractivity contribution in [3.8, 4) is 0 Å². The molecule has 19 heavy (non-hydrogen) atoms. The summed E-state index contributed by atoms with van der Waals surface area (Å²) in [4.78, 5) is 11.9. The number of amides is 1. The summed E-state index contributed by atoms with van der Waals surface area (Å²) in [5, 5.41) is 11.5. The fourth-order valence-electron chi connectivity index (χ4n) is 1.63. The molecule has 2 unspecified atom stereocenters. The van der Waals surface area contributed by atoms with Gasteiger partial charge < -0.3 is 10.4 Å². The predicted octanol–water partition coefficient (Wildman–Crippen LogP) is 2.12. The molecule has 0 aliphatic heterocycles. The zero-order valence-electron chi connectivity index (χ0n) is 11.0. The number of aryl methyl sites for hydroxylation is 1. The van der Waals surface area contributed by atoms with Crippen molar-refractivity contribution in [1.29, 1.82) is 0 Å². The first-order chi connectivity index (χ1) is 8.90. The summed E-state index contributed by atoms with van der Waals surface area (Å²) in [5.74, 6) is -2.06. The van der Waals surface area contributed by atoms with E-state index in [-0.39, 0.29) is 29.0 Å². The molecule has 0 aliphatic carbocycles. The zero-order valence-corrected chi connectivity index (χ0v) is 11.9. The smallest absolute Gasteiger partial charge is 0.254 e.